The van der Waals surface area contributed by atoms with Gasteiger partial charge in [0.25, 0.3) is 0 Å². The molecule has 0 aliphatic heterocycles. The van der Waals surface area contributed by atoms with Gasteiger partial charge >= 0.3 is 0 Å². The fourth-order valence-electron chi connectivity index (χ4n) is 2.93. The fourth-order valence-corrected chi connectivity index (χ4v) is 4.44. The number of hydrogen-bond acceptors (Lipinski definition) is 3. The molecule has 5 nitrogen and oxygen atoms in total. The zero-order chi connectivity index (χ0) is 19.2. The van der Waals surface area contributed by atoms with Gasteiger partial charge in [0.1, 0.15) is 0 Å². The third-order valence-corrected chi connectivity index (χ3v) is 6.42. The molecule has 0 heterocycles. The summed E-state index contributed by atoms with van der Waals surface area (Å²) in [4.78, 5) is 12.9. The first kappa shape index (κ1) is 20.1. The van der Waals surface area contributed by atoms with E-state index in [1.54, 1.807) is 32.0 Å². The number of benzene rings is 2. The molecule has 0 spiro atoms. The van der Waals surface area contributed by atoms with E-state index in [-0.39, 0.29) is 16.7 Å². The van der Waals surface area contributed by atoms with Crippen molar-refractivity contribution in [2.45, 2.75) is 38.0 Å². The molecule has 0 radical (unpaired) electrons. The third-order valence-electron chi connectivity index (χ3n) is 4.37. The van der Waals surface area contributed by atoms with Gasteiger partial charge in [-0.3, -0.25) is 4.79 Å². The molecule has 0 bridgehead atoms. The number of sulfonamides is 1. The van der Waals surface area contributed by atoms with Crippen LogP contribution >= 0.6 is 0 Å². The molecule has 2 aromatic rings. The van der Waals surface area contributed by atoms with Crippen LogP contribution in [0.4, 0.5) is 5.69 Å². The lowest BCUT2D eigenvalue weighted by Gasteiger charge is -2.19. The van der Waals surface area contributed by atoms with Crippen LogP contribution < -0.4 is 5.32 Å². The monoisotopic (exact) mass is 374 g/mol. The minimum Gasteiger partial charge on any atom is -0.326 e. The Morgan fingerprint density at radius 3 is 2.23 bits per heavy atom. The highest BCUT2D eigenvalue weighted by atomic mass is 32.2. The van der Waals surface area contributed by atoms with Crippen molar-refractivity contribution in [3.8, 4) is 0 Å². The van der Waals surface area contributed by atoms with E-state index < -0.39 is 10.0 Å². The van der Waals surface area contributed by atoms with E-state index in [9.17, 15) is 13.2 Å². The number of anilines is 1. The van der Waals surface area contributed by atoms with Gasteiger partial charge in [-0.05, 0) is 30.2 Å². The highest BCUT2D eigenvalue weighted by Crippen LogP contribution is 2.23. The summed E-state index contributed by atoms with van der Waals surface area (Å²) in [7, 11) is -3.56. The number of carbonyl (C=O) groups excluding carboxylic acids is 1. The Kier molecular flexibility index (Phi) is 6.94. The zero-order valence-electron chi connectivity index (χ0n) is 15.5. The maximum Gasteiger partial charge on any atom is 0.243 e. The molecule has 0 aliphatic carbocycles. The summed E-state index contributed by atoms with van der Waals surface area (Å²) in [6.07, 6.45) is 0.660. The summed E-state index contributed by atoms with van der Waals surface area (Å²) in [5.74, 6) is -0.421. The Morgan fingerprint density at radius 1 is 1.00 bits per heavy atom. The van der Waals surface area contributed by atoms with Gasteiger partial charge < -0.3 is 5.32 Å². The predicted molar refractivity (Wildman–Crippen MR) is 105 cm³/mol. The van der Waals surface area contributed by atoms with Crippen molar-refractivity contribution in [3.05, 3.63) is 60.2 Å². The van der Waals surface area contributed by atoms with Crippen molar-refractivity contribution < 1.29 is 13.2 Å². The molecule has 1 atom stereocenters. The molecule has 1 amide bonds. The summed E-state index contributed by atoms with van der Waals surface area (Å²) in [5, 5.41) is 2.86. The first-order chi connectivity index (χ1) is 12.4. The number of rotatable bonds is 8. The summed E-state index contributed by atoms with van der Waals surface area (Å²) in [6, 6.07) is 16.0. The van der Waals surface area contributed by atoms with Gasteiger partial charge in [-0.15, -0.1) is 0 Å². The van der Waals surface area contributed by atoms with Crippen LogP contribution in [0.2, 0.25) is 0 Å². The van der Waals surface area contributed by atoms with Gasteiger partial charge in [0.05, 0.1) is 10.8 Å². The largest absolute Gasteiger partial charge is 0.326 e. The minimum atomic E-state index is -3.56. The van der Waals surface area contributed by atoms with Crippen LogP contribution in [0, 0.1) is 0 Å². The van der Waals surface area contributed by atoms with Gasteiger partial charge in [0.15, 0.2) is 0 Å². The van der Waals surface area contributed by atoms with Crippen LogP contribution in [0.1, 0.15) is 38.7 Å². The van der Waals surface area contributed by atoms with Crippen LogP contribution in [0.25, 0.3) is 0 Å². The molecule has 0 aromatic heterocycles. The van der Waals surface area contributed by atoms with Crippen LogP contribution in [0.15, 0.2) is 59.5 Å². The molecular formula is C20H26N2O3S. The second-order valence-electron chi connectivity index (χ2n) is 5.98. The second kappa shape index (κ2) is 8.96. The van der Waals surface area contributed by atoms with Crippen LogP contribution in [-0.2, 0) is 14.8 Å². The average Bonchev–Trinajstić information content (AvgIpc) is 2.64. The first-order valence-corrected chi connectivity index (χ1v) is 10.3. The molecule has 6 heteroatoms. The van der Waals surface area contributed by atoms with Gasteiger partial charge in [-0.25, -0.2) is 8.42 Å². The Bertz CT molecular complexity index is 831. The number of amides is 1. The van der Waals surface area contributed by atoms with Gasteiger partial charge in [0, 0.05) is 18.8 Å². The Morgan fingerprint density at radius 2 is 1.65 bits per heavy atom. The lowest BCUT2D eigenvalue weighted by molar-refractivity contribution is -0.117. The zero-order valence-corrected chi connectivity index (χ0v) is 16.3. The minimum absolute atomic E-state index is 0.143. The maximum atomic E-state index is 12.7. The number of nitrogens with zero attached hydrogens (tertiary/aromatic N) is 1. The molecule has 0 fully saturated rings. The number of hydrogen-bond donors (Lipinski definition) is 1. The summed E-state index contributed by atoms with van der Waals surface area (Å²) in [5.41, 5.74) is 1.43. The standard InChI is InChI=1S/C20H26N2O3S/c1-4-19(16-11-8-7-9-12-16)20(23)21-17-13-10-14-18(15-17)26(24,25)22(5-2)6-3/h7-15,19H,4-6H2,1-3H3,(H,21,23)/t19-/m0/s1. The van der Waals surface area contributed by atoms with Crippen molar-refractivity contribution in [1.82, 2.24) is 4.31 Å². The molecule has 0 saturated carbocycles. The molecule has 0 aliphatic rings. The molecule has 1 N–H and O–H groups in total. The van der Waals surface area contributed by atoms with Crippen molar-refractivity contribution in [2.24, 2.45) is 0 Å². The van der Waals surface area contributed by atoms with E-state index in [4.69, 9.17) is 0 Å². The van der Waals surface area contributed by atoms with E-state index in [1.807, 2.05) is 37.3 Å². The van der Waals surface area contributed by atoms with Crippen LogP contribution in [0.5, 0.6) is 0 Å². The molecule has 140 valence electrons. The molecular weight excluding hydrogens is 348 g/mol. The quantitative estimate of drug-likeness (QED) is 0.763. The summed E-state index contributed by atoms with van der Waals surface area (Å²) < 4.78 is 26.7. The van der Waals surface area contributed by atoms with Crippen molar-refractivity contribution in [1.29, 1.82) is 0 Å². The van der Waals surface area contributed by atoms with E-state index in [0.29, 0.717) is 25.2 Å². The number of carbonyl (C=O) groups is 1. The smallest absolute Gasteiger partial charge is 0.243 e. The normalized spacial score (nSPS) is 12.8. The van der Waals surface area contributed by atoms with Crippen LogP contribution in [0.3, 0.4) is 0 Å². The highest BCUT2D eigenvalue weighted by molar-refractivity contribution is 7.89. The van der Waals surface area contributed by atoms with Gasteiger partial charge in [-0.1, -0.05) is 57.2 Å². The molecule has 26 heavy (non-hydrogen) atoms. The Labute approximate surface area is 156 Å². The van der Waals surface area contributed by atoms with Gasteiger partial charge in [0.2, 0.25) is 15.9 Å². The Balaban J connectivity index is 2.24. The average molecular weight is 375 g/mol. The van der Waals surface area contributed by atoms with Crippen molar-refractivity contribution in [2.75, 3.05) is 18.4 Å². The summed E-state index contributed by atoms with van der Waals surface area (Å²) in [6.45, 7) is 6.37. The van der Waals surface area contributed by atoms with Crippen LogP contribution in [-0.4, -0.2) is 31.7 Å². The highest BCUT2D eigenvalue weighted by Gasteiger charge is 2.23. The molecule has 0 unspecified atom stereocenters. The van der Waals surface area contributed by atoms with Crippen molar-refractivity contribution in [3.63, 3.8) is 0 Å². The predicted octanol–water partition coefficient (Wildman–Crippen LogP) is 3.85. The van der Waals surface area contributed by atoms with E-state index in [1.165, 1.54) is 10.4 Å². The van der Waals surface area contributed by atoms with E-state index in [0.717, 1.165) is 5.56 Å². The maximum absolute atomic E-state index is 12.7. The van der Waals surface area contributed by atoms with Crippen molar-refractivity contribution >= 4 is 21.6 Å². The molecule has 0 saturated heterocycles. The van der Waals surface area contributed by atoms with E-state index in [2.05, 4.69) is 5.32 Å². The first-order valence-electron chi connectivity index (χ1n) is 8.90. The van der Waals surface area contributed by atoms with Gasteiger partial charge in [-0.2, -0.15) is 4.31 Å². The molecule has 2 aromatic carbocycles. The molecule has 2 rings (SSSR count). The summed E-state index contributed by atoms with van der Waals surface area (Å²) >= 11 is 0. The lowest BCUT2D eigenvalue weighted by atomic mass is 9.95. The SMILES string of the molecule is CC[C@H](C(=O)Nc1cccc(S(=O)(=O)N(CC)CC)c1)c1ccccc1. The third kappa shape index (κ3) is 4.51. The lowest BCUT2D eigenvalue weighted by Crippen LogP contribution is -2.30. The number of nitrogens with one attached hydrogen (secondary N) is 1. The van der Waals surface area contributed by atoms with E-state index >= 15 is 0 Å². The Hall–Kier alpha value is -2.18. The second-order valence-corrected chi connectivity index (χ2v) is 7.92. The topological polar surface area (TPSA) is 66.5 Å². The fraction of sp³-hybridized carbons (Fsp3) is 0.350.